The lowest BCUT2D eigenvalue weighted by molar-refractivity contribution is 0.0696. The predicted molar refractivity (Wildman–Crippen MR) is 101 cm³/mol. The van der Waals surface area contributed by atoms with Crippen molar-refractivity contribution in [3.63, 3.8) is 0 Å². The second-order valence-corrected chi connectivity index (χ2v) is 7.12. The predicted octanol–water partition coefficient (Wildman–Crippen LogP) is 4.46. The van der Waals surface area contributed by atoms with Crippen LogP contribution in [0.2, 0.25) is 0 Å². The maximum Gasteiger partial charge on any atom is 0.335 e. The van der Waals surface area contributed by atoms with Gasteiger partial charge in [0.1, 0.15) is 19.0 Å². The number of hydrogen-bond acceptors (Lipinski definition) is 4. The molecule has 0 aliphatic heterocycles. The van der Waals surface area contributed by atoms with Gasteiger partial charge in [-0.25, -0.2) is 4.79 Å². The Labute approximate surface area is 154 Å². The van der Waals surface area contributed by atoms with Gasteiger partial charge in [0.05, 0.1) is 12.7 Å². The van der Waals surface area contributed by atoms with Gasteiger partial charge in [-0.2, -0.15) is 0 Å². The fraction of sp³-hybridized carbons (Fsp3) is 0.381. The molecule has 0 amide bonds. The lowest BCUT2D eigenvalue weighted by Gasteiger charge is -2.23. The van der Waals surface area contributed by atoms with Crippen molar-refractivity contribution < 1.29 is 24.1 Å². The lowest BCUT2D eigenvalue weighted by atomic mass is 9.85. The summed E-state index contributed by atoms with van der Waals surface area (Å²) in [7, 11) is 1.51. The van der Waals surface area contributed by atoms with Crippen LogP contribution in [-0.4, -0.2) is 31.4 Å². The highest BCUT2D eigenvalue weighted by atomic mass is 16.5. The molecule has 0 saturated carbocycles. The van der Waals surface area contributed by atoms with Crippen molar-refractivity contribution in [2.45, 2.75) is 33.1 Å². The number of carbonyl (C=O) groups is 1. The quantitative estimate of drug-likeness (QED) is 0.741. The first kappa shape index (κ1) is 19.6. The molecule has 5 nitrogen and oxygen atoms in total. The van der Waals surface area contributed by atoms with E-state index in [0.29, 0.717) is 18.1 Å². The van der Waals surface area contributed by atoms with Gasteiger partial charge >= 0.3 is 5.97 Å². The van der Waals surface area contributed by atoms with Crippen molar-refractivity contribution in [3.05, 3.63) is 53.1 Å². The van der Waals surface area contributed by atoms with Crippen LogP contribution in [0.5, 0.6) is 17.2 Å². The Kier molecular flexibility index (Phi) is 6.14. The average molecular weight is 358 g/mol. The first-order valence-corrected chi connectivity index (χ1v) is 8.50. The van der Waals surface area contributed by atoms with E-state index in [1.54, 1.807) is 6.07 Å². The minimum atomic E-state index is -1.01. The van der Waals surface area contributed by atoms with E-state index in [4.69, 9.17) is 19.3 Å². The summed E-state index contributed by atoms with van der Waals surface area (Å²) < 4.78 is 16.8. The topological polar surface area (TPSA) is 65.0 Å². The van der Waals surface area contributed by atoms with Crippen LogP contribution in [0, 0.1) is 6.92 Å². The number of carboxylic acids is 1. The summed E-state index contributed by atoms with van der Waals surface area (Å²) in [5.41, 5.74) is 2.45. The second kappa shape index (κ2) is 8.13. The Balaban J connectivity index is 2.04. The Hall–Kier alpha value is -2.69. The maximum atomic E-state index is 11.1. The third-order valence-corrected chi connectivity index (χ3v) is 3.95. The zero-order valence-electron chi connectivity index (χ0n) is 16.0. The van der Waals surface area contributed by atoms with Gasteiger partial charge < -0.3 is 19.3 Å². The molecule has 5 heteroatoms. The molecule has 0 saturated heterocycles. The summed E-state index contributed by atoms with van der Waals surface area (Å²) in [6, 6.07) is 10.6. The Morgan fingerprint density at radius 1 is 0.962 bits per heavy atom. The molecule has 0 aliphatic rings. The highest BCUT2D eigenvalue weighted by molar-refractivity contribution is 5.88. The van der Waals surface area contributed by atoms with Crippen molar-refractivity contribution in [3.8, 4) is 17.2 Å². The standard InChI is InChI=1S/C21H26O5/c1-14-6-8-17(16(12-14)21(2,3)4)25-10-11-26-19-13-15(20(22)23)7-9-18(19)24-5/h6-9,12-13H,10-11H2,1-5H3,(H,22,23). The van der Waals surface area contributed by atoms with E-state index in [2.05, 4.69) is 33.8 Å². The number of aryl methyl sites for hydroxylation is 1. The van der Waals surface area contributed by atoms with Crippen LogP contribution in [0.4, 0.5) is 0 Å². The SMILES string of the molecule is COc1ccc(C(=O)O)cc1OCCOc1ccc(C)cc1C(C)(C)C. The number of hydrogen-bond donors (Lipinski definition) is 1. The fourth-order valence-corrected chi connectivity index (χ4v) is 2.58. The van der Waals surface area contributed by atoms with E-state index in [0.717, 1.165) is 11.3 Å². The van der Waals surface area contributed by atoms with E-state index in [1.807, 2.05) is 12.1 Å². The van der Waals surface area contributed by atoms with Gasteiger partial charge in [-0.05, 0) is 42.2 Å². The van der Waals surface area contributed by atoms with Gasteiger partial charge in [-0.15, -0.1) is 0 Å². The maximum absolute atomic E-state index is 11.1. The second-order valence-electron chi connectivity index (χ2n) is 7.12. The minimum Gasteiger partial charge on any atom is -0.493 e. The van der Waals surface area contributed by atoms with Crippen LogP contribution in [-0.2, 0) is 5.41 Å². The molecule has 0 aliphatic carbocycles. The summed E-state index contributed by atoms with van der Waals surface area (Å²) in [6.07, 6.45) is 0. The molecule has 2 aromatic rings. The zero-order chi connectivity index (χ0) is 19.3. The van der Waals surface area contributed by atoms with E-state index in [1.165, 1.54) is 24.8 Å². The van der Waals surface area contributed by atoms with Crippen molar-refractivity contribution in [1.82, 2.24) is 0 Å². The van der Waals surface area contributed by atoms with Gasteiger partial charge in [0.15, 0.2) is 11.5 Å². The molecule has 0 aromatic heterocycles. The van der Waals surface area contributed by atoms with Crippen LogP contribution in [0.1, 0.15) is 42.3 Å². The van der Waals surface area contributed by atoms with Crippen molar-refractivity contribution in [2.24, 2.45) is 0 Å². The van der Waals surface area contributed by atoms with Gasteiger partial charge in [-0.1, -0.05) is 38.5 Å². The molecular weight excluding hydrogens is 332 g/mol. The van der Waals surface area contributed by atoms with Crippen molar-refractivity contribution >= 4 is 5.97 Å². The zero-order valence-corrected chi connectivity index (χ0v) is 16.0. The third-order valence-electron chi connectivity index (χ3n) is 3.95. The van der Waals surface area contributed by atoms with E-state index in [-0.39, 0.29) is 17.6 Å². The molecule has 0 atom stereocenters. The van der Waals surface area contributed by atoms with Gasteiger partial charge in [0, 0.05) is 0 Å². The van der Waals surface area contributed by atoms with Gasteiger partial charge in [0.25, 0.3) is 0 Å². The summed E-state index contributed by atoms with van der Waals surface area (Å²) in [6.45, 7) is 9.11. The molecule has 26 heavy (non-hydrogen) atoms. The molecular formula is C21H26O5. The molecule has 0 spiro atoms. The van der Waals surface area contributed by atoms with Gasteiger partial charge in [-0.3, -0.25) is 0 Å². The normalized spacial score (nSPS) is 11.1. The highest BCUT2D eigenvalue weighted by Gasteiger charge is 2.19. The molecule has 0 unspecified atom stereocenters. The van der Waals surface area contributed by atoms with E-state index < -0.39 is 5.97 Å². The number of aromatic carboxylic acids is 1. The number of benzene rings is 2. The van der Waals surface area contributed by atoms with Crippen LogP contribution >= 0.6 is 0 Å². The van der Waals surface area contributed by atoms with E-state index >= 15 is 0 Å². The smallest absolute Gasteiger partial charge is 0.335 e. The van der Waals surface area contributed by atoms with Crippen LogP contribution in [0.15, 0.2) is 36.4 Å². The molecule has 1 N–H and O–H groups in total. The Morgan fingerprint density at radius 3 is 2.15 bits per heavy atom. The molecule has 2 rings (SSSR count). The lowest BCUT2D eigenvalue weighted by Crippen LogP contribution is -2.16. The first-order valence-electron chi connectivity index (χ1n) is 8.50. The van der Waals surface area contributed by atoms with Crippen LogP contribution < -0.4 is 14.2 Å². The Morgan fingerprint density at radius 2 is 1.58 bits per heavy atom. The van der Waals surface area contributed by atoms with Crippen molar-refractivity contribution in [1.29, 1.82) is 0 Å². The monoisotopic (exact) mass is 358 g/mol. The average Bonchev–Trinajstić information content (AvgIpc) is 2.58. The first-order chi connectivity index (χ1) is 12.2. The highest BCUT2D eigenvalue weighted by Crippen LogP contribution is 2.32. The molecule has 0 bridgehead atoms. The van der Waals surface area contributed by atoms with E-state index in [9.17, 15) is 4.79 Å². The fourth-order valence-electron chi connectivity index (χ4n) is 2.58. The summed E-state index contributed by atoms with van der Waals surface area (Å²) >= 11 is 0. The molecule has 0 fully saturated rings. The largest absolute Gasteiger partial charge is 0.493 e. The molecule has 140 valence electrons. The molecule has 0 heterocycles. The third kappa shape index (κ3) is 4.91. The summed E-state index contributed by atoms with van der Waals surface area (Å²) in [4.78, 5) is 11.1. The number of ether oxygens (including phenoxy) is 3. The minimum absolute atomic E-state index is 0.0265. The molecule has 0 radical (unpaired) electrons. The van der Waals surface area contributed by atoms with Crippen LogP contribution in [0.25, 0.3) is 0 Å². The number of methoxy groups -OCH3 is 1. The number of rotatable bonds is 7. The summed E-state index contributed by atoms with van der Waals surface area (Å²) in [5.74, 6) is 0.692. The van der Waals surface area contributed by atoms with Crippen molar-refractivity contribution in [2.75, 3.05) is 20.3 Å². The summed E-state index contributed by atoms with van der Waals surface area (Å²) in [5, 5.41) is 9.10. The Bertz CT molecular complexity index is 774. The molecule has 2 aromatic carbocycles. The number of carboxylic acid groups (broad SMARTS) is 1. The van der Waals surface area contributed by atoms with Crippen LogP contribution in [0.3, 0.4) is 0 Å². The van der Waals surface area contributed by atoms with Gasteiger partial charge in [0.2, 0.25) is 0 Å².